The summed E-state index contributed by atoms with van der Waals surface area (Å²) >= 11 is 7.27. The molecule has 134 valence electrons. The molecule has 0 aliphatic rings. The van der Waals surface area contributed by atoms with Crippen LogP contribution in [-0.4, -0.2) is 22.1 Å². The molecule has 0 fully saturated rings. The van der Waals surface area contributed by atoms with E-state index < -0.39 is 11.7 Å². The van der Waals surface area contributed by atoms with Crippen molar-refractivity contribution in [3.05, 3.63) is 61.2 Å². The minimum absolute atomic E-state index is 0.0759. The molecule has 26 heavy (non-hydrogen) atoms. The predicted molar refractivity (Wildman–Crippen MR) is 101 cm³/mol. The fraction of sp³-hybridized carbons (Fsp3) is 0.176. The van der Waals surface area contributed by atoms with Gasteiger partial charge in [0.1, 0.15) is 16.5 Å². The lowest BCUT2D eigenvalue weighted by molar-refractivity contribution is -0.120. The Kier molecular flexibility index (Phi) is 5.15. The number of aryl methyl sites for hydroxylation is 2. The Morgan fingerprint density at radius 1 is 1.46 bits per heavy atom. The summed E-state index contributed by atoms with van der Waals surface area (Å²) in [5, 5.41) is 4.42. The van der Waals surface area contributed by atoms with Crippen molar-refractivity contribution in [2.24, 2.45) is 5.10 Å². The molecule has 0 radical (unpaired) electrons. The molecule has 0 saturated heterocycles. The number of thiophene rings is 1. The van der Waals surface area contributed by atoms with Gasteiger partial charge in [0.2, 0.25) is 5.91 Å². The van der Waals surface area contributed by atoms with Gasteiger partial charge in [-0.2, -0.15) is 5.10 Å². The fourth-order valence-corrected chi connectivity index (χ4v) is 3.64. The molecular weight excluding hydrogens is 379 g/mol. The number of nitrogens with zero attached hydrogens (tertiary/aromatic N) is 2. The Labute approximate surface area is 156 Å². The zero-order valence-electron chi connectivity index (χ0n) is 13.9. The van der Waals surface area contributed by atoms with Gasteiger partial charge in [-0.3, -0.25) is 9.59 Å². The van der Waals surface area contributed by atoms with E-state index in [-0.39, 0.29) is 28.4 Å². The number of hydrogen-bond donors (Lipinski definition) is 2. The number of carbonyl (C=O) groups is 1. The van der Waals surface area contributed by atoms with Gasteiger partial charge in [0.15, 0.2) is 0 Å². The molecule has 0 bridgehead atoms. The lowest BCUT2D eigenvalue weighted by Crippen LogP contribution is -2.23. The average Bonchev–Trinajstić information content (AvgIpc) is 2.85. The Bertz CT molecular complexity index is 1070. The van der Waals surface area contributed by atoms with Crippen LogP contribution in [0.1, 0.15) is 21.8 Å². The van der Waals surface area contributed by atoms with Crippen LogP contribution in [0.25, 0.3) is 10.2 Å². The number of aromatic nitrogens is 2. The average molecular weight is 393 g/mol. The second-order valence-corrected chi connectivity index (χ2v) is 7.19. The van der Waals surface area contributed by atoms with Gasteiger partial charge in [-0.25, -0.2) is 14.8 Å². The van der Waals surface area contributed by atoms with E-state index in [1.165, 1.54) is 29.5 Å². The summed E-state index contributed by atoms with van der Waals surface area (Å²) in [5.41, 5.74) is 2.95. The van der Waals surface area contributed by atoms with Gasteiger partial charge >= 0.3 is 0 Å². The first-order valence-electron chi connectivity index (χ1n) is 7.61. The van der Waals surface area contributed by atoms with Crippen molar-refractivity contribution in [2.45, 2.75) is 20.3 Å². The van der Waals surface area contributed by atoms with Gasteiger partial charge in [-0.15, -0.1) is 11.3 Å². The summed E-state index contributed by atoms with van der Waals surface area (Å²) in [6, 6.07) is 4.23. The van der Waals surface area contributed by atoms with Crippen LogP contribution in [0.2, 0.25) is 5.02 Å². The van der Waals surface area contributed by atoms with Crippen molar-refractivity contribution in [3.63, 3.8) is 0 Å². The van der Waals surface area contributed by atoms with E-state index in [1.54, 1.807) is 0 Å². The standard InChI is InChI=1S/C17H14ClFN4O2S/c1-8-9(2)26-17-15(8)16(25)21-13(22-17)6-14(24)23-20-7-10-11(18)4-3-5-12(10)19/h3-5,7H,6H2,1-2H3,(H,23,24)(H,21,22,25)/b20-7+. The normalized spacial score (nSPS) is 11.4. The van der Waals surface area contributed by atoms with Gasteiger partial charge < -0.3 is 4.98 Å². The highest BCUT2D eigenvalue weighted by molar-refractivity contribution is 7.18. The zero-order chi connectivity index (χ0) is 18.8. The third kappa shape index (κ3) is 3.66. The first kappa shape index (κ1) is 18.2. The summed E-state index contributed by atoms with van der Waals surface area (Å²) in [6.07, 6.45) is 0.963. The van der Waals surface area contributed by atoms with Crippen molar-refractivity contribution in [1.82, 2.24) is 15.4 Å². The van der Waals surface area contributed by atoms with Crippen LogP contribution in [0.4, 0.5) is 4.39 Å². The minimum atomic E-state index is -0.546. The number of H-pyrrole nitrogens is 1. The molecule has 3 rings (SSSR count). The van der Waals surface area contributed by atoms with Gasteiger partial charge in [0.25, 0.3) is 5.56 Å². The molecule has 0 spiro atoms. The van der Waals surface area contributed by atoms with Crippen molar-refractivity contribution >= 4 is 45.3 Å². The van der Waals surface area contributed by atoms with E-state index in [1.807, 2.05) is 13.8 Å². The summed E-state index contributed by atoms with van der Waals surface area (Å²) in [4.78, 5) is 32.7. The molecule has 2 heterocycles. The maximum absolute atomic E-state index is 13.6. The Morgan fingerprint density at radius 3 is 2.96 bits per heavy atom. The molecule has 2 aromatic heterocycles. The smallest absolute Gasteiger partial charge is 0.259 e. The third-order valence-electron chi connectivity index (χ3n) is 3.80. The van der Waals surface area contributed by atoms with Crippen LogP contribution >= 0.6 is 22.9 Å². The Hall–Kier alpha value is -2.58. The first-order chi connectivity index (χ1) is 12.4. The molecule has 1 aromatic carbocycles. The quantitative estimate of drug-likeness (QED) is 0.528. The summed E-state index contributed by atoms with van der Waals surface area (Å²) < 4.78 is 13.6. The molecule has 1 amide bonds. The molecular formula is C17H14ClFN4O2S. The second-order valence-electron chi connectivity index (χ2n) is 5.58. The van der Waals surface area contributed by atoms with E-state index in [2.05, 4.69) is 20.5 Å². The predicted octanol–water partition coefficient (Wildman–Crippen LogP) is 3.09. The van der Waals surface area contributed by atoms with Crippen molar-refractivity contribution in [1.29, 1.82) is 0 Å². The van der Waals surface area contributed by atoms with Gasteiger partial charge in [0.05, 0.1) is 23.0 Å². The van der Waals surface area contributed by atoms with Gasteiger partial charge in [-0.1, -0.05) is 17.7 Å². The van der Waals surface area contributed by atoms with E-state index >= 15 is 0 Å². The molecule has 6 nitrogen and oxygen atoms in total. The van der Waals surface area contributed by atoms with Gasteiger partial charge in [0, 0.05) is 10.4 Å². The molecule has 9 heteroatoms. The zero-order valence-corrected chi connectivity index (χ0v) is 15.5. The highest BCUT2D eigenvalue weighted by atomic mass is 35.5. The topological polar surface area (TPSA) is 87.2 Å². The van der Waals surface area contributed by atoms with E-state index in [4.69, 9.17) is 11.6 Å². The van der Waals surface area contributed by atoms with E-state index in [0.29, 0.717) is 10.2 Å². The van der Waals surface area contributed by atoms with Crippen LogP contribution in [0, 0.1) is 19.7 Å². The number of benzene rings is 1. The van der Waals surface area contributed by atoms with Crippen molar-refractivity contribution < 1.29 is 9.18 Å². The van der Waals surface area contributed by atoms with E-state index in [9.17, 15) is 14.0 Å². The minimum Gasteiger partial charge on any atom is -0.309 e. The lowest BCUT2D eigenvalue weighted by atomic mass is 10.2. The second kappa shape index (κ2) is 7.35. The molecule has 3 aromatic rings. The fourth-order valence-electron chi connectivity index (χ4n) is 2.38. The van der Waals surface area contributed by atoms with Crippen LogP contribution < -0.4 is 11.0 Å². The Morgan fingerprint density at radius 2 is 2.23 bits per heavy atom. The number of nitrogens with one attached hydrogen (secondary N) is 2. The lowest BCUT2D eigenvalue weighted by Gasteiger charge is -2.02. The number of halogens is 2. The van der Waals surface area contributed by atoms with Crippen LogP contribution in [0.5, 0.6) is 0 Å². The van der Waals surface area contributed by atoms with Crippen molar-refractivity contribution in [3.8, 4) is 0 Å². The van der Waals surface area contributed by atoms with Gasteiger partial charge in [-0.05, 0) is 31.5 Å². The van der Waals surface area contributed by atoms with Crippen LogP contribution in [0.15, 0.2) is 28.1 Å². The number of rotatable bonds is 4. The number of hydrogen-bond acceptors (Lipinski definition) is 5. The monoisotopic (exact) mass is 392 g/mol. The number of fused-ring (bicyclic) bond motifs is 1. The highest BCUT2D eigenvalue weighted by Gasteiger charge is 2.13. The number of amides is 1. The molecule has 0 saturated carbocycles. The maximum Gasteiger partial charge on any atom is 0.259 e. The SMILES string of the molecule is Cc1sc2nc(CC(=O)N/N=C/c3c(F)cccc3Cl)[nH]c(=O)c2c1C. The number of aromatic amines is 1. The number of carbonyl (C=O) groups excluding carboxylic acids is 1. The molecule has 0 aliphatic carbocycles. The van der Waals surface area contributed by atoms with Crippen LogP contribution in [0.3, 0.4) is 0 Å². The summed E-state index contributed by atoms with van der Waals surface area (Å²) in [7, 11) is 0. The van der Waals surface area contributed by atoms with Crippen LogP contribution in [-0.2, 0) is 11.2 Å². The number of hydrazone groups is 1. The highest BCUT2D eigenvalue weighted by Crippen LogP contribution is 2.25. The molecule has 0 aliphatic heterocycles. The Balaban J connectivity index is 1.73. The molecule has 2 N–H and O–H groups in total. The largest absolute Gasteiger partial charge is 0.309 e. The summed E-state index contributed by atoms with van der Waals surface area (Å²) in [5.74, 6) is -0.808. The third-order valence-corrected chi connectivity index (χ3v) is 5.23. The molecule has 0 atom stereocenters. The molecule has 0 unspecified atom stereocenters. The first-order valence-corrected chi connectivity index (χ1v) is 8.81. The summed E-state index contributed by atoms with van der Waals surface area (Å²) in [6.45, 7) is 3.77. The van der Waals surface area contributed by atoms with E-state index in [0.717, 1.165) is 16.7 Å². The van der Waals surface area contributed by atoms with Crippen molar-refractivity contribution in [2.75, 3.05) is 0 Å². The maximum atomic E-state index is 13.6.